The fourth-order valence-corrected chi connectivity index (χ4v) is 4.20. The summed E-state index contributed by atoms with van der Waals surface area (Å²) in [5.41, 5.74) is 5.10. The van der Waals surface area contributed by atoms with Crippen LogP contribution in [0.5, 0.6) is 0 Å². The zero-order valence-corrected chi connectivity index (χ0v) is 14.2. The van der Waals surface area contributed by atoms with Gasteiger partial charge in [0.25, 0.3) is 0 Å². The first kappa shape index (κ1) is 14.7. The van der Waals surface area contributed by atoms with Crippen molar-refractivity contribution in [3.63, 3.8) is 0 Å². The number of likely N-dealkylation sites (tertiary alicyclic amines) is 1. The van der Waals surface area contributed by atoms with Crippen LogP contribution >= 0.6 is 0 Å². The first-order valence-corrected chi connectivity index (χ1v) is 9.08. The van der Waals surface area contributed by atoms with Gasteiger partial charge in [0.1, 0.15) is 0 Å². The Bertz CT molecular complexity index is 999. The van der Waals surface area contributed by atoms with Crippen molar-refractivity contribution in [1.29, 1.82) is 0 Å². The summed E-state index contributed by atoms with van der Waals surface area (Å²) in [5.74, 6) is 0.577. The summed E-state index contributed by atoms with van der Waals surface area (Å²) in [7, 11) is 0. The van der Waals surface area contributed by atoms with Crippen molar-refractivity contribution in [1.82, 2.24) is 20.1 Å². The van der Waals surface area contributed by atoms with E-state index in [0.717, 1.165) is 13.1 Å². The number of hydrogen-bond donors (Lipinski definition) is 2. The fourth-order valence-electron chi connectivity index (χ4n) is 4.20. The molecule has 2 N–H and O–H groups in total. The number of piperidine rings is 1. The second-order valence-electron chi connectivity index (χ2n) is 7.14. The van der Waals surface area contributed by atoms with Crippen LogP contribution in [0.15, 0.2) is 54.7 Å². The minimum atomic E-state index is 0.577. The monoisotopic (exact) mass is 330 g/mol. The number of fused-ring (bicyclic) bond motifs is 3. The largest absolute Gasteiger partial charge is 0.355 e. The number of aromatic nitrogens is 3. The maximum Gasteiger partial charge on any atom is 0.0490 e. The Morgan fingerprint density at radius 3 is 2.88 bits per heavy atom. The third-order valence-electron chi connectivity index (χ3n) is 5.44. The van der Waals surface area contributed by atoms with E-state index in [1.807, 2.05) is 6.20 Å². The van der Waals surface area contributed by atoms with E-state index in [0.29, 0.717) is 5.92 Å². The topological polar surface area (TPSA) is 47.7 Å². The van der Waals surface area contributed by atoms with Gasteiger partial charge in [0.15, 0.2) is 0 Å². The Balaban J connectivity index is 1.40. The molecule has 2 aromatic heterocycles. The molecule has 0 radical (unpaired) electrons. The van der Waals surface area contributed by atoms with Gasteiger partial charge in [-0.1, -0.05) is 24.3 Å². The number of hydrogen-bond acceptors (Lipinski definition) is 2. The standard InChI is InChI=1S/C21H22N4/c1-2-6-20-17(5-1)18-12-15(7-8-21(18)23-20)13-25-11-3-4-16(14-25)19-9-10-22-24-19/h1-2,5-10,12,16,23H,3-4,11,13-14H2,(H,22,24). The van der Waals surface area contributed by atoms with E-state index in [1.54, 1.807) is 0 Å². The highest BCUT2D eigenvalue weighted by molar-refractivity contribution is 6.07. The van der Waals surface area contributed by atoms with Crippen LogP contribution in [0.25, 0.3) is 21.8 Å². The minimum Gasteiger partial charge on any atom is -0.355 e. The molecule has 0 aliphatic carbocycles. The molecule has 4 heteroatoms. The number of para-hydroxylation sites is 1. The van der Waals surface area contributed by atoms with Gasteiger partial charge in [-0.15, -0.1) is 0 Å². The number of rotatable bonds is 3. The minimum absolute atomic E-state index is 0.577. The lowest BCUT2D eigenvalue weighted by Crippen LogP contribution is -2.34. The average Bonchev–Trinajstić information content (AvgIpc) is 3.30. The molecule has 4 aromatic rings. The van der Waals surface area contributed by atoms with Crippen molar-refractivity contribution in [3.05, 3.63) is 66.0 Å². The second-order valence-corrected chi connectivity index (χ2v) is 7.14. The van der Waals surface area contributed by atoms with Crippen molar-refractivity contribution in [3.8, 4) is 0 Å². The summed E-state index contributed by atoms with van der Waals surface area (Å²) in [5, 5.41) is 9.91. The molecule has 0 amide bonds. The highest BCUT2D eigenvalue weighted by Gasteiger charge is 2.22. The number of benzene rings is 2. The summed E-state index contributed by atoms with van der Waals surface area (Å²) >= 11 is 0. The number of nitrogens with one attached hydrogen (secondary N) is 2. The SMILES string of the molecule is c1ccc2c(c1)[nH]c1ccc(CN3CCCC(c4ccn[nH]4)C3)cc12. The van der Waals surface area contributed by atoms with Gasteiger partial charge in [-0.25, -0.2) is 0 Å². The van der Waals surface area contributed by atoms with Gasteiger partial charge in [-0.3, -0.25) is 10.00 Å². The number of H-pyrrole nitrogens is 2. The van der Waals surface area contributed by atoms with Gasteiger partial charge in [0.2, 0.25) is 0 Å². The van der Waals surface area contributed by atoms with Crippen LogP contribution in [-0.4, -0.2) is 33.2 Å². The van der Waals surface area contributed by atoms with Gasteiger partial charge in [0, 0.05) is 52.7 Å². The average molecular weight is 330 g/mol. The van der Waals surface area contributed by atoms with E-state index in [9.17, 15) is 0 Å². The summed E-state index contributed by atoms with van der Waals surface area (Å²) in [6.07, 6.45) is 4.36. The van der Waals surface area contributed by atoms with E-state index in [4.69, 9.17) is 0 Å². The summed E-state index contributed by atoms with van der Waals surface area (Å²) in [6, 6.07) is 17.5. The molecule has 4 nitrogen and oxygen atoms in total. The molecule has 1 saturated heterocycles. The molecule has 1 fully saturated rings. The van der Waals surface area contributed by atoms with Gasteiger partial charge in [-0.2, -0.15) is 5.10 Å². The van der Waals surface area contributed by atoms with E-state index in [1.165, 1.54) is 52.4 Å². The molecule has 1 atom stereocenters. The lowest BCUT2D eigenvalue weighted by molar-refractivity contribution is 0.198. The molecule has 0 bridgehead atoms. The summed E-state index contributed by atoms with van der Waals surface area (Å²) in [6.45, 7) is 3.30. The van der Waals surface area contributed by atoms with Crippen LogP contribution < -0.4 is 0 Å². The predicted molar refractivity (Wildman–Crippen MR) is 102 cm³/mol. The van der Waals surface area contributed by atoms with Gasteiger partial charge in [-0.05, 0) is 49.2 Å². The molecule has 126 valence electrons. The molecular weight excluding hydrogens is 308 g/mol. The number of aromatic amines is 2. The van der Waals surface area contributed by atoms with Gasteiger partial charge in [0.05, 0.1) is 0 Å². The maximum absolute atomic E-state index is 4.12. The molecule has 1 aliphatic rings. The Hall–Kier alpha value is -2.59. The smallest absolute Gasteiger partial charge is 0.0490 e. The van der Waals surface area contributed by atoms with Gasteiger partial charge < -0.3 is 4.98 Å². The molecular formula is C21H22N4. The van der Waals surface area contributed by atoms with Crippen LogP contribution in [0.1, 0.15) is 30.0 Å². The number of nitrogens with zero attached hydrogens (tertiary/aromatic N) is 2. The Labute approximate surface area is 146 Å². The molecule has 0 spiro atoms. The van der Waals surface area contributed by atoms with Crippen LogP contribution in [0, 0.1) is 0 Å². The zero-order valence-electron chi connectivity index (χ0n) is 14.2. The normalized spacial score (nSPS) is 19.0. The van der Waals surface area contributed by atoms with Crippen LogP contribution in [0.4, 0.5) is 0 Å². The maximum atomic E-state index is 4.12. The molecule has 3 heterocycles. The quantitative estimate of drug-likeness (QED) is 0.584. The van der Waals surface area contributed by atoms with Crippen LogP contribution in [0.3, 0.4) is 0 Å². The first-order valence-electron chi connectivity index (χ1n) is 9.08. The Morgan fingerprint density at radius 1 is 1.04 bits per heavy atom. The molecule has 1 unspecified atom stereocenters. The fraction of sp³-hybridized carbons (Fsp3) is 0.286. The lowest BCUT2D eigenvalue weighted by Gasteiger charge is -2.32. The van der Waals surface area contributed by atoms with Crippen LogP contribution in [0.2, 0.25) is 0 Å². The molecule has 25 heavy (non-hydrogen) atoms. The lowest BCUT2D eigenvalue weighted by atomic mass is 9.94. The second kappa shape index (κ2) is 6.05. The van der Waals surface area contributed by atoms with E-state index >= 15 is 0 Å². The molecule has 5 rings (SSSR count). The highest BCUT2D eigenvalue weighted by atomic mass is 15.1. The van der Waals surface area contributed by atoms with Crippen molar-refractivity contribution >= 4 is 21.8 Å². The van der Waals surface area contributed by atoms with Crippen molar-refractivity contribution in [2.75, 3.05) is 13.1 Å². The zero-order chi connectivity index (χ0) is 16.6. The summed E-state index contributed by atoms with van der Waals surface area (Å²) in [4.78, 5) is 6.08. The van der Waals surface area contributed by atoms with Crippen molar-refractivity contribution < 1.29 is 0 Å². The van der Waals surface area contributed by atoms with Crippen molar-refractivity contribution in [2.45, 2.75) is 25.3 Å². The predicted octanol–water partition coefficient (Wildman–Crippen LogP) is 4.42. The molecule has 2 aromatic carbocycles. The Kier molecular flexibility index (Phi) is 3.56. The van der Waals surface area contributed by atoms with Gasteiger partial charge >= 0.3 is 0 Å². The Morgan fingerprint density at radius 2 is 1.96 bits per heavy atom. The van der Waals surface area contributed by atoms with E-state index in [-0.39, 0.29) is 0 Å². The summed E-state index contributed by atoms with van der Waals surface area (Å²) < 4.78 is 0. The third kappa shape index (κ3) is 2.72. The third-order valence-corrected chi connectivity index (χ3v) is 5.44. The van der Waals surface area contributed by atoms with E-state index in [2.05, 4.69) is 68.6 Å². The van der Waals surface area contributed by atoms with Crippen LogP contribution in [-0.2, 0) is 6.54 Å². The molecule has 0 saturated carbocycles. The molecule has 1 aliphatic heterocycles. The van der Waals surface area contributed by atoms with E-state index < -0.39 is 0 Å². The van der Waals surface area contributed by atoms with Crippen molar-refractivity contribution in [2.24, 2.45) is 0 Å². The first-order chi connectivity index (χ1) is 12.4. The highest BCUT2D eigenvalue weighted by Crippen LogP contribution is 2.29.